The quantitative estimate of drug-likeness (QED) is 0.270. The zero-order valence-electron chi connectivity index (χ0n) is 25.4. The molecule has 0 aliphatic rings. The Labute approximate surface area is 255 Å². The number of nitrogens with one attached hydrogen (secondary N) is 1. The third kappa shape index (κ3) is 9.88. The van der Waals surface area contributed by atoms with E-state index in [0.717, 1.165) is 28.5 Å². The normalized spacial score (nSPS) is 12.5. The maximum atomic E-state index is 14.0. The molecule has 0 spiro atoms. The molecule has 3 aromatic carbocycles. The van der Waals surface area contributed by atoms with E-state index in [0.29, 0.717) is 17.1 Å². The van der Waals surface area contributed by atoms with E-state index in [-0.39, 0.29) is 37.7 Å². The predicted octanol–water partition coefficient (Wildman–Crippen LogP) is 6.06. The van der Waals surface area contributed by atoms with Crippen molar-refractivity contribution in [1.29, 1.82) is 0 Å². The zero-order chi connectivity index (χ0) is 31.1. The summed E-state index contributed by atoms with van der Waals surface area (Å²) in [7, 11) is -3.63. The fourth-order valence-corrected chi connectivity index (χ4v) is 5.91. The first kappa shape index (κ1) is 33.1. The SMILES string of the molecule is Cc1ccc(CN(C(=O)CCCN(c2cc(Cl)ccc2C)S(C)(=O)=O)[C@@H](Cc2ccccc2)C(=O)NC(C)(C)C)cc1. The molecule has 0 aliphatic heterocycles. The van der Waals surface area contributed by atoms with Crippen molar-refractivity contribution in [3.05, 3.63) is 100 Å². The summed E-state index contributed by atoms with van der Waals surface area (Å²) < 4.78 is 26.8. The van der Waals surface area contributed by atoms with E-state index in [1.807, 2.05) is 89.2 Å². The molecular weight excluding hydrogens is 570 g/mol. The number of anilines is 1. The van der Waals surface area contributed by atoms with Crippen LogP contribution in [0.25, 0.3) is 0 Å². The fraction of sp³-hybridized carbons (Fsp3) is 0.394. The summed E-state index contributed by atoms with van der Waals surface area (Å²) in [6.45, 7) is 9.90. The highest BCUT2D eigenvalue weighted by Crippen LogP contribution is 2.27. The number of amides is 2. The van der Waals surface area contributed by atoms with Gasteiger partial charge in [-0.2, -0.15) is 0 Å². The van der Waals surface area contributed by atoms with Crippen LogP contribution in [-0.4, -0.2) is 49.5 Å². The monoisotopic (exact) mass is 611 g/mol. The van der Waals surface area contributed by atoms with Crippen LogP contribution in [0, 0.1) is 13.8 Å². The third-order valence-electron chi connectivity index (χ3n) is 6.83. The van der Waals surface area contributed by atoms with Crippen molar-refractivity contribution in [1.82, 2.24) is 10.2 Å². The number of nitrogens with zero attached hydrogens (tertiary/aromatic N) is 2. The number of rotatable bonds is 12. The van der Waals surface area contributed by atoms with Crippen LogP contribution in [0.5, 0.6) is 0 Å². The molecule has 1 N–H and O–H groups in total. The standard InChI is InChI=1S/C33H42ClN3O4S/c1-24-14-17-27(18-15-24)23-36(30(32(39)35-33(3,4)5)21-26-11-8-7-9-12-26)31(38)13-10-20-37(42(6,40)41)29-22-28(34)19-16-25(29)2/h7-9,11-12,14-19,22,30H,10,13,20-21,23H2,1-6H3,(H,35,39)/t30-/m0/s1. The summed E-state index contributed by atoms with van der Waals surface area (Å²) >= 11 is 6.18. The smallest absolute Gasteiger partial charge is 0.243 e. The summed E-state index contributed by atoms with van der Waals surface area (Å²) in [6.07, 6.45) is 1.82. The molecule has 0 fully saturated rings. The van der Waals surface area contributed by atoms with Crippen LogP contribution in [0.3, 0.4) is 0 Å². The number of hydrogen-bond donors (Lipinski definition) is 1. The second-order valence-electron chi connectivity index (χ2n) is 11.8. The maximum absolute atomic E-state index is 14.0. The lowest BCUT2D eigenvalue weighted by atomic mass is 10.00. The molecule has 7 nitrogen and oxygen atoms in total. The van der Waals surface area contributed by atoms with Gasteiger partial charge in [-0.1, -0.05) is 77.8 Å². The van der Waals surface area contributed by atoms with Gasteiger partial charge in [0, 0.05) is 36.5 Å². The maximum Gasteiger partial charge on any atom is 0.243 e. The molecule has 2 amide bonds. The number of carbonyl (C=O) groups excluding carboxylic acids is 2. The van der Waals surface area contributed by atoms with Crippen molar-refractivity contribution < 1.29 is 18.0 Å². The third-order valence-corrected chi connectivity index (χ3v) is 8.25. The van der Waals surface area contributed by atoms with Crippen LogP contribution in [0.15, 0.2) is 72.8 Å². The topological polar surface area (TPSA) is 86.8 Å². The minimum atomic E-state index is -3.63. The average Bonchev–Trinajstić information content (AvgIpc) is 2.90. The molecule has 0 unspecified atom stereocenters. The van der Waals surface area contributed by atoms with Gasteiger partial charge in [-0.3, -0.25) is 13.9 Å². The van der Waals surface area contributed by atoms with Gasteiger partial charge in [0.1, 0.15) is 6.04 Å². The van der Waals surface area contributed by atoms with Crippen molar-refractivity contribution in [2.75, 3.05) is 17.1 Å². The molecular formula is C33H42ClN3O4S. The Morgan fingerprint density at radius 1 is 0.929 bits per heavy atom. The number of carbonyl (C=O) groups is 2. The Hall–Kier alpha value is -3.36. The van der Waals surface area contributed by atoms with Crippen molar-refractivity contribution in [3.8, 4) is 0 Å². The van der Waals surface area contributed by atoms with Crippen molar-refractivity contribution in [2.45, 2.75) is 72.0 Å². The van der Waals surface area contributed by atoms with E-state index in [1.165, 1.54) is 4.31 Å². The van der Waals surface area contributed by atoms with Crippen LogP contribution in [0.4, 0.5) is 5.69 Å². The number of sulfonamides is 1. The van der Waals surface area contributed by atoms with Crippen LogP contribution in [-0.2, 0) is 32.6 Å². The molecule has 0 heterocycles. The minimum Gasteiger partial charge on any atom is -0.350 e. The second-order valence-corrected chi connectivity index (χ2v) is 14.2. The molecule has 3 rings (SSSR count). The van der Waals surface area contributed by atoms with Gasteiger partial charge in [0.2, 0.25) is 21.8 Å². The van der Waals surface area contributed by atoms with Crippen molar-refractivity contribution >= 4 is 39.1 Å². The largest absolute Gasteiger partial charge is 0.350 e. The Morgan fingerprint density at radius 3 is 2.17 bits per heavy atom. The van der Waals surface area contributed by atoms with Gasteiger partial charge in [0.05, 0.1) is 11.9 Å². The van der Waals surface area contributed by atoms with E-state index in [1.54, 1.807) is 23.1 Å². The number of hydrogen-bond acceptors (Lipinski definition) is 4. The second kappa shape index (κ2) is 14.2. The van der Waals surface area contributed by atoms with Gasteiger partial charge in [-0.15, -0.1) is 0 Å². The summed E-state index contributed by atoms with van der Waals surface area (Å²) in [6, 6.07) is 21.9. The van der Waals surface area contributed by atoms with E-state index in [2.05, 4.69) is 5.32 Å². The minimum absolute atomic E-state index is 0.0611. The molecule has 9 heteroatoms. The van der Waals surface area contributed by atoms with Crippen LogP contribution < -0.4 is 9.62 Å². The summed E-state index contributed by atoms with van der Waals surface area (Å²) in [5.74, 6) is -0.462. The summed E-state index contributed by atoms with van der Waals surface area (Å²) in [5.41, 5.74) is 3.70. The van der Waals surface area contributed by atoms with Gasteiger partial charge in [-0.05, 0) is 69.9 Å². The van der Waals surface area contributed by atoms with Gasteiger partial charge >= 0.3 is 0 Å². The highest BCUT2D eigenvalue weighted by Gasteiger charge is 2.32. The Balaban J connectivity index is 1.92. The first-order chi connectivity index (χ1) is 19.6. The molecule has 0 radical (unpaired) electrons. The molecule has 42 heavy (non-hydrogen) atoms. The van der Waals surface area contributed by atoms with Crippen LogP contribution in [0.1, 0.15) is 55.9 Å². The molecule has 3 aromatic rings. The predicted molar refractivity (Wildman–Crippen MR) is 171 cm³/mol. The van der Waals surface area contributed by atoms with Crippen molar-refractivity contribution in [3.63, 3.8) is 0 Å². The number of aryl methyl sites for hydroxylation is 2. The lowest BCUT2D eigenvalue weighted by Crippen LogP contribution is -2.54. The van der Waals surface area contributed by atoms with E-state index >= 15 is 0 Å². The average molecular weight is 612 g/mol. The highest BCUT2D eigenvalue weighted by atomic mass is 35.5. The van der Waals surface area contributed by atoms with Gasteiger partial charge in [-0.25, -0.2) is 8.42 Å². The van der Waals surface area contributed by atoms with Crippen LogP contribution in [0.2, 0.25) is 5.02 Å². The summed E-state index contributed by atoms with van der Waals surface area (Å²) in [4.78, 5) is 29.3. The molecule has 0 aromatic heterocycles. The molecule has 1 atom stereocenters. The van der Waals surface area contributed by atoms with Gasteiger partial charge in [0.25, 0.3) is 0 Å². The van der Waals surface area contributed by atoms with E-state index in [4.69, 9.17) is 11.6 Å². The fourth-order valence-electron chi connectivity index (χ4n) is 4.73. The Kier molecular flexibility index (Phi) is 11.2. The summed E-state index contributed by atoms with van der Waals surface area (Å²) in [5, 5.41) is 3.49. The molecule has 226 valence electrons. The van der Waals surface area contributed by atoms with Gasteiger partial charge in [0.15, 0.2) is 0 Å². The molecule has 0 aliphatic carbocycles. The molecule has 0 saturated heterocycles. The van der Waals surface area contributed by atoms with Gasteiger partial charge < -0.3 is 10.2 Å². The Morgan fingerprint density at radius 2 is 1.57 bits per heavy atom. The van der Waals surface area contributed by atoms with E-state index < -0.39 is 21.6 Å². The first-order valence-electron chi connectivity index (χ1n) is 14.1. The number of halogens is 1. The van der Waals surface area contributed by atoms with Crippen molar-refractivity contribution in [2.24, 2.45) is 0 Å². The number of benzene rings is 3. The molecule has 0 saturated carbocycles. The van der Waals surface area contributed by atoms with Crippen LogP contribution >= 0.6 is 11.6 Å². The lowest BCUT2D eigenvalue weighted by molar-refractivity contribution is -0.142. The van der Waals surface area contributed by atoms with E-state index in [9.17, 15) is 18.0 Å². The molecule has 0 bridgehead atoms. The highest BCUT2D eigenvalue weighted by molar-refractivity contribution is 7.92. The zero-order valence-corrected chi connectivity index (χ0v) is 26.9. The first-order valence-corrected chi connectivity index (χ1v) is 16.3. The lowest BCUT2D eigenvalue weighted by Gasteiger charge is -2.34. The Bertz CT molecular complexity index is 1470.